The lowest BCUT2D eigenvalue weighted by molar-refractivity contribution is -0.145. The molecule has 1 aromatic heterocycles. The van der Waals surface area contributed by atoms with Crippen LogP contribution in [0.4, 0.5) is 0 Å². The molecule has 0 spiro atoms. The predicted octanol–water partition coefficient (Wildman–Crippen LogP) is 4.19. The maximum Gasteiger partial charge on any atom is 0.325 e. The van der Waals surface area contributed by atoms with Gasteiger partial charge in [0, 0.05) is 17.5 Å². The summed E-state index contributed by atoms with van der Waals surface area (Å²) in [5.41, 5.74) is 1.02. The summed E-state index contributed by atoms with van der Waals surface area (Å²) in [5, 5.41) is 11.8. The van der Waals surface area contributed by atoms with Gasteiger partial charge in [-0.1, -0.05) is 27.7 Å². The van der Waals surface area contributed by atoms with Crippen LogP contribution in [-0.2, 0) is 11.2 Å². The first-order chi connectivity index (χ1) is 9.90. The van der Waals surface area contributed by atoms with E-state index in [-0.39, 0.29) is 0 Å². The standard InChI is InChI=1S/C17H27NO2S/c1-11(2)9-13(10-12(3)4)18-7-5-15-14(6-8-21-15)16(18)17(19)20/h6,8,11-13,16H,5,7,9-10H2,1-4H3,(H,19,20). The Morgan fingerprint density at radius 1 is 1.33 bits per heavy atom. The molecule has 0 radical (unpaired) electrons. The first kappa shape index (κ1) is 16.5. The van der Waals surface area contributed by atoms with Crippen LogP contribution in [0.1, 0.15) is 57.0 Å². The van der Waals surface area contributed by atoms with Crippen molar-refractivity contribution in [3.05, 3.63) is 21.9 Å². The molecular formula is C17H27NO2S. The molecule has 3 nitrogen and oxygen atoms in total. The quantitative estimate of drug-likeness (QED) is 0.856. The molecule has 1 unspecified atom stereocenters. The van der Waals surface area contributed by atoms with Crippen LogP contribution in [-0.4, -0.2) is 28.6 Å². The number of hydrogen-bond donors (Lipinski definition) is 1. The molecule has 0 saturated heterocycles. The van der Waals surface area contributed by atoms with E-state index in [4.69, 9.17) is 0 Å². The van der Waals surface area contributed by atoms with Gasteiger partial charge in [0.15, 0.2) is 0 Å². The number of aliphatic carboxylic acids is 1. The number of carbonyl (C=O) groups is 1. The van der Waals surface area contributed by atoms with E-state index in [1.807, 2.05) is 11.4 Å². The monoisotopic (exact) mass is 309 g/mol. The van der Waals surface area contributed by atoms with Crippen molar-refractivity contribution >= 4 is 17.3 Å². The highest BCUT2D eigenvalue weighted by Gasteiger charge is 2.37. The van der Waals surface area contributed by atoms with E-state index in [0.29, 0.717) is 17.9 Å². The van der Waals surface area contributed by atoms with Gasteiger partial charge in [-0.25, -0.2) is 0 Å². The second-order valence-electron chi connectivity index (χ2n) is 6.94. The predicted molar refractivity (Wildman–Crippen MR) is 87.8 cm³/mol. The molecule has 1 N–H and O–H groups in total. The topological polar surface area (TPSA) is 40.5 Å². The van der Waals surface area contributed by atoms with Gasteiger partial charge >= 0.3 is 5.97 Å². The van der Waals surface area contributed by atoms with Crippen molar-refractivity contribution in [2.24, 2.45) is 11.8 Å². The summed E-state index contributed by atoms with van der Waals surface area (Å²) in [4.78, 5) is 15.4. The Morgan fingerprint density at radius 3 is 2.48 bits per heavy atom. The van der Waals surface area contributed by atoms with Gasteiger partial charge in [-0.3, -0.25) is 9.69 Å². The Balaban J connectivity index is 2.28. The van der Waals surface area contributed by atoms with Crippen LogP contribution in [0.3, 0.4) is 0 Å². The lowest BCUT2D eigenvalue weighted by Gasteiger charge is -2.40. The van der Waals surface area contributed by atoms with Crippen molar-refractivity contribution in [3.63, 3.8) is 0 Å². The fourth-order valence-corrected chi connectivity index (χ4v) is 4.36. The molecule has 0 aliphatic carbocycles. The number of carboxylic acids is 1. The highest BCUT2D eigenvalue weighted by molar-refractivity contribution is 7.10. The Bertz CT molecular complexity index is 471. The number of hydrogen-bond acceptors (Lipinski definition) is 3. The molecular weight excluding hydrogens is 282 g/mol. The third-order valence-corrected chi connectivity index (χ3v) is 5.19. The number of thiophene rings is 1. The summed E-state index contributed by atoms with van der Waals surface area (Å²) >= 11 is 1.70. The van der Waals surface area contributed by atoms with Crippen LogP contribution in [0.25, 0.3) is 0 Å². The summed E-state index contributed by atoms with van der Waals surface area (Å²) in [6.45, 7) is 9.77. The zero-order chi connectivity index (χ0) is 15.6. The molecule has 0 aromatic carbocycles. The van der Waals surface area contributed by atoms with Crippen molar-refractivity contribution in [2.75, 3.05) is 6.54 Å². The minimum absolute atomic E-state index is 0.360. The third-order valence-electron chi connectivity index (χ3n) is 4.19. The number of rotatable bonds is 6. The van der Waals surface area contributed by atoms with Crippen molar-refractivity contribution in [1.29, 1.82) is 0 Å². The van der Waals surface area contributed by atoms with Gasteiger partial charge in [-0.2, -0.15) is 0 Å². The Hall–Kier alpha value is -0.870. The van der Waals surface area contributed by atoms with E-state index in [1.165, 1.54) is 4.88 Å². The molecule has 0 fully saturated rings. The largest absolute Gasteiger partial charge is 0.480 e. The second kappa shape index (κ2) is 6.93. The molecule has 0 bridgehead atoms. The smallest absolute Gasteiger partial charge is 0.325 e. The average molecular weight is 309 g/mol. The molecule has 1 atom stereocenters. The third kappa shape index (κ3) is 3.86. The van der Waals surface area contributed by atoms with E-state index in [9.17, 15) is 9.90 Å². The van der Waals surface area contributed by atoms with E-state index < -0.39 is 12.0 Å². The van der Waals surface area contributed by atoms with Gasteiger partial charge in [-0.15, -0.1) is 11.3 Å². The molecule has 2 rings (SSSR count). The number of carboxylic acid groups (broad SMARTS) is 1. The highest BCUT2D eigenvalue weighted by atomic mass is 32.1. The van der Waals surface area contributed by atoms with Crippen molar-refractivity contribution in [3.8, 4) is 0 Å². The summed E-state index contributed by atoms with van der Waals surface area (Å²) in [5.74, 6) is 0.478. The van der Waals surface area contributed by atoms with E-state index in [1.54, 1.807) is 11.3 Å². The molecule has 1 aliphatic heterocycles. The van der Waals surface area contributed by atoms with Crippen LogP contribution in [0.2, 0.25) is 0 Å². The summed E-state index contributed by atoms with van der Waals surface area (Å²) in [6, 6.07) is 1.91. The molecule has 0 saturated carbocycles. The summed E-state index contributed by atoms with van der Waals surface area (Å²) < 4.78 is 0. The lowest BCUT2D eigenvalue weighted by Crippen LogP contribution is -2.46. The fraction of sp³-hybridized carbons (Fsp3) is 0.706. The van der Waals surface area contributed by atoms with Gasteiger partial charge in [0.1, 0.15) is 6.04 Å². The van der Waals surface area contributed by atoms with Crippen LogP contribution in [0.15, 0.2) is 11.4 Å². The van der Waals surface area contributed by atoms with Crippen molar-refractivity contribution in [2.45, 2.75) is 59.0 Å². The van der Waals surface area contributed by atoms with Crippen molar-refractivity contribution in [1.82, 2.24) is 4.90 Å². The normalized spacial score (nSPS) is 19.5. The van der Waals surface area contributed by atoms with Gasteiger partial charge in [0.25, 0.3) is 0 Å². The zero-order valence-electron chi connectivity index (χ0n) is 13.5. The van der Waals surface area contributed by atoms with Gasteiger partial charge in [-0.05, 0) is 48.1 Å². The average Bonchev–Trinajstić information content (AvgIpc) is 2.83. The van der Waals surface area contributed by atoms with Crippen LogP contribution >= 0.6 is 11.3 Å². The summed E-state index contributed by atoms with van der Waals surface area (Å²) in [6.07, 6.45) is 3.13. The van der Waals surface area contributed by atoms with E-state index >= 15 is 0 Å². The number of fused-ring (bicyclic) bond motifs is 1. The molecule has 2 heterocycles. The molecule has 4 heteroatoms. The minimum atomic E-state index is -0.702. The van der Waals surface area contributed by atoms with Gasteiger partial charge in [0.2, 0.25) is 0 Å². The van der Waals surface area contributed by atoms with E-state index in [2.05, 4.69) is 32.6 Å². The molecule has 21 heavy (non-hydrogen) atoms. The van der Waals surface area contributed by atoms with Crippen LogP contribution in [0.5, 0.6) is 0 Å². The Morgan fingerprint density at radius 2 is 1.95 bits per heavy atom. The molecule has 1 aromatic rings. The number of nitrogens with zero attached hydrogens (tertiary/aromatic N) is 1. The zero-order valence-corrected chi connectivity index (χ0v) is 14.3. The first-order valence-corrected chi connectivity index (χ1v) is 8.83. The second-order valence-corrected chi connectivity index (χ2v) is 7.94. The first-order valence-electron chi connectivity index (χ1n) is 7.95. The van der Waals surface area contributed by atoms with Crippen molar-refractivity contribution < 1.29 is 9.90 Å². The molecule has 118 valence electrons. The van der Waals surface area contributed by atoms with Gasteiger partial charge in [0.05, 0.1) is 0 Å². The lowest BCUT2D eigenvalue weighted by atomic mass is 9.90. The Kier molecular flexibility index (Phi) is 5.44. The SMILES string of the molecule is CC(C)CC(CC(C)C)N1CCc2sccc2C1C(=O)O. The van der Waals surface area contributed by atoms with E-state index in [0.717, 1.165) is 31.4 Å². The Labute approximate surface area is 132 Å². The minimum Gasteiger partial charge on any atom is -0.480 e. The maximum atomic E-state index is 11.9. The highest BCUT2D eigenvalue weighted by Crippen LogP contribution is 2.37. The maximum absolute atomic E-state index is 11.9. The fourth-order valence-electron chi connectivity index (χ4n) is 3.46. The van der Waals surface area contributed by atoms with Gasteiger partial charge < -0.3 is 5.11 Å². The molecule has 0 amide bonds. The molecule has 1 aliphatic rings. The summed E-state index contributed by atoms with van der Waals surface area (Å²) in [7, 11) is 0. The van der Waals surface area contributed by atoms with Crippen LogP contribution in [0, 0.1) is 11.8 Å². The van der Waals surface area contributed by atoms with Crippen LogP contribution < -0.4 is 0 Å².